The largest absolute Gasteiger partial charge is 0.586 e. The number of rotatable bonds is 5. The van der Waals surface area contributed by atoms with Gasteiger partial charge in [-0.25, -0.2) is 0 Å². The van der Waals surface area contributed by atoms with E-state index in [0.717, 1.165) is 0 Å². The second kappa shape index (κ2) is 4.73. The minimum absolute atomic E-state index is 0.0640. The molecule has 0 fully saturated rings. The molecule has 1 atom stereocenters. The van der Waals surface area contributed by atoms with Crippen molar-refractivity contribution in [2.24, 2.45) is 0 Å². The van der Waals surface area contributed by atoms with Crippen molar-refractivity contribution in [2.75, 3.05) is 6.61 Å². The molecule has 0 aromatic carbocycles. The first-order chi connectivity index (χ1) is 5.04. The second-order valence-corrected chi connectivity index (χ2v) is 3.52. The summed E-state index contributed by atoms with van der Waals surface area (Å²) in [5.74, 6) is 0. The third kappa shape index (κ3) is 3.73. The average molecular weight is 185 g/mol. The topological polar surface area (TPSA) is 26.3 Å². The van der Waals surface area contributed by atoms with E-state index in [1.807, 2.05) is 0 Å². The van der Waals surface area contributed by atoms with Crippen LogP contribution in [0.5, 0.6) is 0 Å². The van der Waals surface area contributed by atoms with Gasteiger partial charge in [-0.2, -0.15) is 8.78 Å². The number of alkyl halides is 2. The molecule has 0 rings (SSSR count). The minimum atomic E-state index is -3.15. The van der Waals surface area contributed by atoms with E-state index in [2.05, 4.69) is 4.52 Å². The van der Waals surface area contributed by atoms with Crippen molar-refractivity contribution in [1.29, 1.82) is 0 Å². The van der Waals surface area contributed by atoms with E-state index in [-0.39, 0.29) is 13.0 Å². The van der Waals surface area contributed by atoms with Gasteiger partial charge in [-0.15, -0.1) is 4.52 Å². The highest BCUT2D eigenvalue weighted by Gasteiger charge is 2.52. The molecule has 0 radical (unpaired) electrons. The van der Waals surface area contributed by atoms with Crippen LogP contribution in [0.25, 0.3) is 0 Å². The Balaban J connectivity index is 3.94. The van der Waals surface area contributed by atoms with Gasteiger partial charge in [0.1, 0.15) is 0 Å². The van der Waals surface area contributed by atoms with Crippen molar-refractivity contribution < 1.29 is 17.9 Å². The lowest BCUT2D eigenvalue weighted by Gasteiger charge is -2.00. The van der Waals surface area contributed by atoms with Crippen LogP contribution < -0.4 is 0 Å². The lowest BCUT2D eigenvalue weighted by molar-refractivity contribution is 0.0669. The molecule has 0 aliphatic rings. The summed E-state index contributed by atoms with van der Waals surface area (Å²) >= 11 is 0. The molecule has 0 aromatic heterocycles. The number of hydrogen-bond acceptors (Lipinski definition) is 2. The summed E-state index contributed by atoms with van der Waals surface area (Å²) in [6, 6.07) is 0. The molecular weight excluding hydrogens is 173 g/mol. The average Bonchev–Trinajstić information content (AvgIpc) is 1.88. The molecule has 5 heteroatoms. The van der Waals surface area contributed by atoms with Crippen molar-refractivity contribution in [3.8, 4) is 0 Å². The minimum Gasteiger partial charge on any atom is -0.153 e. The van der Waals surface area contributed by atoms with E-state index in [1.165, 1.54) is 6.92 Å². The number of halogens is 2. The van der Waals surface area contributed by atoms with E-state index < -0.39 is 13.7 Å². The predicted molar refractivity (Wildman–Crippen MR) is 39.1 cm³/mol. The van der Waals surface area contributed by atoms with Crippen molar-refractivity contribution in [3.63, 3.8) is 0 Å². The van der Waals surface area contributed by atoms with Gasteiger partial charge in [0.2, 0.25) is 0 Å². The summed E-state index contributed by atoms with van der Waals surface area (Å²) in [6.07, 6.45) is -0.0661. The van der Waals surface area contributed by atoms with Crippen LogP contribution in [0.1, 0.15) is 26.7 Å². The van der Waals surface area contributed by atoms with Crippen LogP contribution in [0, 0.1) is 0 Å². The maximum absolute atomic E-state index is 12.6. The van der Waals surface area contributed by atoms with Crippen LogP contribution in [0.3, 0.4) is 0 Å². The van der Waals surface area contributed by atoms with E-state index in [4.69, 9.17) is 0 Å². The van der Waals surface area contributed by atoms with Gasteiger partial charge >= 0.3 is 13.7 Å². The third-order valence-corrected chi connectivity index (χ3v) is 2.31. The Morgan fingerprint density at radius 3 is 2.36 bits per heavy atom. The zero-order valence-electron chi connectivity index (χ0n) is 6.64. The second-order valence-electron chi connectivity index (χ2n) is 2.09. The van der Waals surface area contributed by atoms with Gasteiger partial charge in [0.15, 0.2) is 0 Å². The molecule has 66 valence electrons. The molecule has 0 bridgehead atoms. The molecule has 2 nitrogen and oxygen atoms in total. The van der Waals surface area contributed by atoms with Gasteiger partial charge in [-0.05, 0) is 17.9 Å². The van der Waals surface area contributed by atoms with Gasteiger partial charge in [0.05, 0.1) is 13.0 Å². The molecule has 0 saturated carbocycles. The molecule has 0 spiro atoms. The predicted octanol–water partition coefficient (Wildman–Crippen LogP) is 3.16. The van der Waals surface area contributed by atoms with Crippen LogP contribution in [-0.2, 0) is 9.09 Å². The van der Waals surface area contributed by atoms with E-state index in [9.17, 15) is 13.3 Å². The summed E-state index contributed by atoms with van der Waals surface area (Å²) in [4.78, 5) is 0. The quantitative estimate of drug-likeness (QED) is 0.615. The van der Waals surface area contributed by atoms with Crippen LogP contribution >= 0.6 is 8.03 Å². The Hall–Kier alpha value is -0.0800. The van der Waals surface area contributed by atoms with Crippen molar-refractivity contribution in [2.45, 2.75) is 32.4 Å². The highest BCUT2D eigenvalue weighted by Crippen LogP contribution is 2.45. The first kappa shape index (κ1) is 10.9. The normalized spacial score (nSPS) is 13.3. The molecule has 1 unspecified atom stereocenters. The first-order valence-corrected chi connectivity index (χ1v) is 4.70. The molecule has 0 saturated heterocycles. The fourth-order valence-electron chi connectivity index (χ4n) is 0.604. The molecular formula is C6H12F2O2P+. The Bertz CT molecular complexity index is 139. The molecule has 0 aromatic rings. The first-order valence-electron chi connectivity index (χ1n) is 3.52. The monoisotopic (exact) mass is 185 g/mol. The SMILES string of the molecule is CCCC(F)(F)[P+](=O)OCC. The smallest absolute Gasteiger partial charge is 0.153 e. The molecule has 0 amide bonds. The zero-order chi connectivity index (χ0) is 8.91. The number of hydrogen-bond donors (Lipinski definition) is 0. The summed E-state index contributed by atoms with van der Waals surface area (Å²) in [5, 5.41) is 0. The molecule has 11 heavy (non-hydrogen) atoms. The van der Waals surface area contributed by atoms with E-state index >= 15 is 0 Å². The molecule has 0 heterocycles. The lowest BCUT2D eigenvalue weighted by Crippen LogP contribution is -2.10. The van der Waals surface area contributed by atoms with Gasteiger partial charge in [-0.3, -0.25) is 0 Å². The van der Waals surface area contributed by atoms with Gasteiger partial charge in [0.25, 0.3) is 0 Å². The van der Waals surface area contributed by atoms with Crippen molar-refractivity contribution in [1.82, 2.24) is 0 Å². The van der Waals surface area contributed by atoms with Crippen LogP contribution in [0.4, 0.5) is 8.78 Å². The zero-order valence-corrected chi connectivity index (χ0v) is 7.54. The van der Waals surface area contributed by atoms with Gasteiger partial charge < -0.3 is 0 Å². The Morgan fingerprint density at radius 1 is 1.45 bits per heavy atom. The van der Waals surface area contributed by atoms with Gasteiger partial charge in [0, 0.05) is 0 Å². The Labute approximate surface area is 65.8 Å². The van der Waals surface area contributed by atoms with Crippen molar-refractivity contribution >= 4 is 8.03 Å². The maximum Gasteiger partial charge on any atom is 0.586 e. The summed E-state index contributed by atoms with van der Waals surface area (Å²) in [7, 11) is -2.81. The summed E-state index contributed by atoms with van der Waals surface area (Å²) < 4.78 is 40.1. The van der Waals surface area contributed by atoms with E-state index in [0.29, 0.717) is 6.42 Å². The van der Waals surface area contributed by atoms with Crippen LogP contribution in [0.15, 0.2) is 0 Å². The fourth-order valence-corrected chi connectivity index (χ4v) is 1.43. The summed E-state index contributed by atoms with van der Waals surface area (Å²) in [6.45, 7) is 3.22. The van der Waals surface area contributed by atoms with Crippen molar-refractivity contribution in [3.05, 3.63) is 0 Å². The Kier molecular flexibility index (Phi) is 4.69. The molecule has 0 N–H and O–H groups in total. The van der Waals surface area contributed by atoms with E-state index in [1.54, 1.807) is 6.92 Å². The highest BCUT2D eigenvalue weighted by molar-refractivity contribution is 7.40. The third-order valence-electron chi connectivity index (χ3n) is 1.06. The van der Waals surface area contributed by atoms with Crippen LogP contribution in [0.2, 0.25) is 0 Å². The molecule has 0 aliphatic heterocycles. The maximum atomic E-state index is 12.6. The van der Waals surface area contributed by atoms with Crippen LogP contribution in [-0.4, -0.2) is 12.3 Å². The van der Waals surface area contributed by atoms with Gasteiger partial charge in [-0.1, -0.05) is 6.92 Å². The standard InChI is InChI=1S/C6H12F2O2P/c1-3-5-6(7,8)11(9)10-4-2/h3-5H2,1-2H3/q+1. The summed E-state index contributed by atoms with van der Waals surface area (Å²) in [5.41, 5.74) is -3.15. The highest BCUT2D eigenvalue weighted by atomic mass is 31.1. The lowest BCUT2D eigenvalue weighted by atomic mass is 10.3. The molecule has 0 aliphatic carbocycles. The Morgan fingerprint density at radius 2 is 2.00 bits per heavy atom. The fraction of sp³-hybridized carbons (Fsp3) is 1.00.